The average molecular weight is 334 g/mol. The van der Waals surface area contributed by atoms with Crippen molar-refractivity contribution in [2.75, 3.05) is 25.0 Å². The molecule has 0 saturated heterocycles. The number of halogens is 2. The highest BCUT2D eigenvalue weighted by Crippen LogP contribution is 2.27. The molecular weight excluding hydrogens is 309 g/mol. The summed E-state index contributed by atoms with van der Waals surface area (Å²) in [4.78, 5) is 14.2. The van der Waals surface area contributed by atoms with Gasteiger partial charge in [0.25, 0.3) is 0 Å². The number of nitrogens with two attached hydrogens (primary N) is 1. The fraction of sp³-hybridized carbons (Fsp3) is 0.533. The maximum atomic E-state index is 12.0. The van der Waals surface area contributed by atoms with Gasteiger partial charge in [0.1, 0.15) is 0 Å². The van der Waals surface area contributed by atoms with Gasteiger partial charge in [0, 0.05) is 25.8 Å². The van der Waals surface area contributed by atoms with E-state index in [2.05, 4.69) is 22.3 Å². The summed E-state index contributed by atoms with van der Waals surface area (Å²) in [5.74, 6) is 0.00598. The van der Waals surface area contributed by atoms with Crippen molar-refractivity contribution in [3.05, 3.63) is 30.3 Å². The number of para-hydroxylation sites is 1. The van der Waals surface area contributed by atoms with Crippen molar-refractivity contribution in [3.63, 3.8) is 0 Å². The first kappa shape index (κ1) is 20.0. The number of carbonyl (C=O) groups is 1. The SMILES string of the molecule is CN(CCNC(=O)C1(N)CCCC1)c1ccccc1.Cl.Cl. The minimum absolute atomic E-state index is 0. The Labute approximate surface area is 139 Å². The molecule has 2 rings (SSSR count). The molecule has 3 N–H and O–H groups in total. The lowest BCUT2D eigenvalue weighted by Crippen LogP contribution is -2.52. The smallest absolute Gasteiger partial charge is 0.240 e. The minimum Gasteiger partial charge on any atom is -0.373 e. The van der Waals surface area contributed by atoms with Gasteiger partial charge < -0.3 is 16.0 Å². The molecular formula is C15H25Cl2N3O. The Kier molecular flexibility index (Phi) is 8.71. The highest BCUT2D eigenvalue weighted by molar-refractivity contribution is 5.86. The first-order chi connectivity index (χ1) is 9.12. The highest BCUT2D eigenvalue weighted by Gasteiger charge is 2.36. The van der Waals surface area contributed by atoms with Crippen molar-refractivity contribution in [2.24, 2.45) is 5.73 Å². The van der Waals surface area contributed by atoms with E-state index in [1.807, 2.05) is 25.2 Å². The molecule has 1 aliphatic carbocycles. The lowest BCUT2D eigenvalue weighted by Gasteiger charge is -2.24. The third-order valence-electron chi connectivity index (χ3n) is 3.88. The third-order valence-corrected chi connectivity index (χ3v) is 3.88. The Bertz CT molecular complexity index is 422. The molecule has 1 aromatic carbocycles. The van der Waals surface area contributed by atoms with Crippen LogP contribution in [-0.4, -0.2) is 31.6 Å². The molecule has 1 fully saturated rings. The van der Waals surface area contributed by atoms with Crippen LogP contribution in [0.25, 0.3) is 0 Å². The van der Waals surface area contributed by atoms with Gasteiger partial charge in [-0.2, -0.15) is 0 Å². The Morgan fingerprint density at radius 3 is 2.38 bits per heavy atom. The summed E-state index contributed by atoms with van der Waals surface area (Å²) < 4.78 is 0. The molecule has 120 valence electrons. The van der Waals surface area contributed by atoms with E-state index in [1.54, 1.807) is 0 Å². The number of nitrogens with zero attached hydrogens (tertiary/aromatic N) is 1. The Morgan fingerprint density at radius 1 is 1.24 bits per heavy atom. The fourth-order valence-electron chi connectivity index (χ4n) is 2.56. The first-order valence-electron chi connectivity index (χ1n) is 6.95. The number of nitrogens with one attached hydrogen (secondary N) is 1. The molecule has 1 aliphatic rings. The number of benzene rings is 1. The molecule has 1 aromatic rings. The molecule has 0 heterocycles. The van der Waals surface area contributed by atoms with Crippen LogP contribution in [0, 0.1) is 0 Å². The van der Waals surface area contributed by atoms with Crippen molar-refractivity contribution in [3.8, 4) is 0 Å². The maximum Gasteiger partial charge on any atom is 0.240 e. The van der Waals surface area contributed by atoms with Gasteiger partial charge in [-0.3, -0.25) is 4.79 Å². The summed E-state index contributed by atoms with van der Waals surface area (Å²) in [6, 6.07) is 10.1. The molecule has 0 atom stereocenters. The largest absolute Gasteiger partial charge is 0.373 e. The summed E-state index contributed by atoms with van der Waals surface area (Å²) in [6.07, 6.45) is 3.75. The minimum atomic E-state index is -0.620. The van der Waals surface area contributed by atoms with Crippen LogP contribution >= 0.6 is 24.8 Å². The van der Waals surface area contributed by atoms with Gasteiger partial charge in [-0.05, 0) is 25.0 Å². The van der Waals surface area contributed by atoms with E-state index in [-0.39, 0.29) is 30.7 Å². The molecule has 0 aromatic heterocycles. The van der Waals surface area contributed by atoms with Crippen LogP contribution in [-0.2, 0) is 4.79 Å². The predicted molar refractivity (Wildman–Crippen MR) is 92.6 cm³/mol. The molecule has 0 spiro atoms. The van der Waals surface area contributed by atoms with E-state index >= 15 is 0 Å². The normalized spacial score (nSPS) is 15.5. The van der Waals surface area contributed by atoms with Gasteiger partial charge in [-0.25, -0.2) is 0 Å². The van der Waals surface area contributed by atoms with Crippen molar-refractivity contribution >= 4 is 36.4 Å². The van der Waals surface area contributed by atoms with Crippen molar-refractivity contribution in [2.45, 2.75) is 31.2 Å². The van der Waals surface area contributed by atoms with E-state index in [0.29, 0.717) is 6.54 Å². The van der Waals surface area contributed by atoms with E-state index in [9.17, 15) is 4.79 Å². The van der Waals surface area contributed by atoms with Crippen LogP contribution in [0.1, 0.15) is 25.7 Å². The second-order valence-corrected chi connectivity index (χ2v) is 5.38. The maximum absolute atomic E-state index is 12.0. The quantitative estimate of drug-likeness (QED) is 0.869. The molecule has 0 bridgehead atoms. The number of hydrogen-bond acceptors (Lipinski definition) is 3. The van der Waals surface area contributed by atoms with Crippen LogP contribution in [0.3, 0.4) is 0 Å². The zero-order valence-corrected chi connectivity index (χ0v) is 14.0. The van der Waals surface area contributed by atoms with Gasteiger partial charge in [0.15, 0.2) is 0 Å². The van der Waals surface area contributed by atoms with E-state index < -0.39 is 5.54 Å². The van der Waals surface area contributed by atoms with Gasteiger partial charge in [0.2, 0.25) is 5.91 Å². The summed E-state index contributed by atoms with van der Waals surface area (Å²) in [5, 5.41) is 2.96. The molecule has 0 unspecified atom stereocenters. The number of anilines is 1. The molecule has 21 heavy (non-hydrogen) atoms. The monoisotopic (exact) mass is 333 g/mol. The molecule has 1 saturated carbocycles. The summed E-state index contributed by atoms with van der Waals surface area (Å²) >= 11 is 0. The van der Waals surface area contributed by atoms with Crippen LogP contribution in [0.15, 0.2) is 30.3 Å². The van der Waals surface area contributed by atoms with Crippen LogP contribution < -0.4 is 16.0 Å². The topological polar surface area (TPSA) is 58.4 Å². The van der Waals surface area contributed by atoms with Crippen molar-refractivity contribution in [1.29, 1.82) is 0 Å². The van der Waals surface area contributed by atoms with Crippen molar-refractivity contribution < 1.29 is 4.79 Å². The summed E-state index contributed by atoms with van der Waals surface area (Å²) in [7, 11) is 2.02. The number of hydrogen-bond donors (Lipinski definition) is 2. The Morgan fingerprint density at radius 2 is 1.81 bits per heavy atom. The Balaban J connectivity index is 0.00000200. The first-order valence-corrected chi connectivity index (χ1v) is 6.95. The van der Waals surface area contributed by atoms with Gasteiger partial charge in [-0.15, -0.1) is 24.8 Å². The molecule has 6 heteroatoms. The standard InChI is InChI=1S/C15H23N3O.2ClH/c1-18(13-7-3-2-4-8-13)12-11-17-14(19)15(16)9-5-6-10-15;;/h2-4,7-8H,5-6,9-12,16H2,1H3,(H,17,19);2*1H. The molecule has 0 radical (unpaired) electrons. The third kappa shape index (κ3) is 5.38. The van der Waals surface area contributed by atoms with Crippen LogP contribution in [0.5, 0.6) is 0 Å². The number of carbonyl (C=O) groups excluding carboxylic acids is 1. The van der Waals surface area contributed by atoms with Gasteiger partial charge in [0.05, 0.1) is 5.54 Å². The Hall–Kier alpha value is -0.970. The van der Waals surface area contributed by atoms with E-state index in [4.69, 9.17) is 5.73 Å². The van der Waals surface area contributed by atoms with Crippen LogP contribution in [0.2, 0.25) is 0 Å². The molecule has 0 aliphatic heterocycles. The van der Waals surface area contributed by atoms with Gasteiger partial charge in [-0.1, -0.05) is 31.0 Å². The average Bonchev–Trinajstić information content (AvgIpc) is 2.88. The summed E-state index contributed by atoms with van der Waals surface area (Å²) in [5.41, 5.74) is 6.64. The fourth-order valence-corrected chi connectivity index (χ4v) is 2.56. The molecule has 1 amide bonds. The predicted octanol–water partition coefficient (Wildman–Crippen LogP) is 2.35. The van der Waals surface area contributed by atoms with Gasteiger partial charge >= 0.3 is 0 Å². The zero-order valence-electron chi connectivity index (χ0n) is 12.4. The van der Waals surface area contributed by atoms with E-state index in [1.165, 1.54) is 0 Å². The second kappa shape index (κ2) is 9.13. The van der Waals surface area contributed by atoms with Crippen LogP contribution in [0.4, 0.5) is 5.69 Å². The number of likely N-dealkylation sites (N-methyl/N-ethyl adjacent to an activating group) is 1. The van der Waals surface area contributed by atoms with E-state index in [0.717, 1.165) is 37.9 Å². The zero-order chi connectivity index (χ0) is 13.7. The second-order valence-electron chi connectivity index (χ2n) is 5.38. The number of amides is 1. The molecule has 4 nitrogen and oxygen atoms in total. The highest BCUT2D eigenvalue weighted by atomic mass is 35.5. The van der Waals surface area contributed by atoms with Crippen molar-refractivity contribution in [1.82, 2.24) is 5.32 Å². The summed E-state index contributed by atoms with van der Waals surface area (Å²) in [6.45, 7) is 1.41. The number of rotatable bonds is 5. The lowest BCUT2D eigenvalue weighted by atomic mass is 9.98. The lowest BCUT2D eigenvalue weighted by molar-refractivity contribution is -0.126.